The lowest BCUT2D eigenvalue weighted by molar-refractivity contribution is -0.0616. The third-order valence-electron chi connectivity index (χ3n) is 5.48. The number of hydrogen-bond donors (Lipinski definition) is 2. The third-order valence-corrected chi connectivity index (χ3v) is 5.48. The van der Waals surface area contributed by atoms with Gasteiger partial charge in [0.25, 0.3) is 5.56 Å². The van der Waals surface area contributed by atoms with E-state index in [9.17, 15) is 9.90 Å². The van der Waals surface area contributed by atoms with Crippen molar-refractivity contribution in [2.45, 2.75) is 63.6 Å². The molecule has 0 saturated carbocycles. The molecule has 2 N–H and O–H groups in total. The van der Waals surface area contributed by atoms with Crippen molar-refractivity contribution in [3.63, 3.8) is 0 Å². The normalized spacial score (nSPS) is 23.4. The molecular formula is C19H32N4O3. The van der Waals surface area contributed by atoms with E-state index >= 15 is 0 Å². The third kappa shape index (κ3) is 4.64. The van der Waals surface area contributed by atoms with E-state index in [0.29, 0.717) is 38.6 Å². The van der Waals surface area contributed by atoms with Crippen LogP contribution in [0.15, 0.2) is 16.9 Å². The van der Waals surface area contributed by atoms with Crippen molar-refractivity contribution >= 4 is 5.82 Å². The molecule has 0 aromatic carbocycles. The highest BCUT2D eigenvalue weighted by Gasteiger charge is 2.30. The van der Waals surface area contributed by atoms with E-state index in [0.717, 1.165) is 31.7 Å². The molecule has 1 atom stereocenters. The quantitative estimate of drug-likeness (QED) is 0.792. The number of hydrogen-bond acceptors (Lipinski definition) is 6. The lowest BCUT2D eigenvalue weighted by Crippen LogP contribution is -2.51. The summed E-state index contributed by atoms with van der Waals surface area (Å²) in [5.41, 5.74) is -0.710. The van der Waals surface area contributed by atoms with Gasteiger partial charge in [-0.15, -0.1) is 0 Å². The van der Waals surface area contributed by atoms with Gasteiger partial charge in [-0.3, -0.25) is 4.79 Å². The summed E-state index contributed by atoms with van der Waals surface area (Å²) in [6.45, 7) is 7.58. The molecule has 0 spiro atoms. The van der Waals surface area contributed by atoms with Crippen molar-refractivity contribution in [2.24, 2.45) is 0 Å². The number of rotatable bonds is 6. The first-order valence-corrected chi connectivity index (χ1v) is 9.86. The molecule has 1 unspecified atom stereocenters. The molecule has 0 bridgehead atoms. The lowest BCUT2D eigenvalue weighted by Gasteiger charge is -2.38. The number of aliphatic hydroxyl groups is 1. The van der Waals surface area contributed by atoms with Gasteiger partial charge in [-0.1, -0.05) is 0 Å². The molecule has 0 aliphatic carbocycles. The number of aromatic nitrogens is 2. The van der Waals surface area contributed by atoms with Crippen molar-refractivity contribution in [1.29, 1.82) is 0 Å². The Morgan fingerprint density at radius 2 is 2.12 bits per heavy atom. The largest absolute Gasteiger partial charge is 0.388 e. The van der Waals surface area contributed by atoms with Crippen LogP contribution in [0.25, 0.3) is 0 Å². The smallest absolute Gasteiger partial charge is 0.267 e. The van der Waals surface area contributed by atoms with Crippen LogP contribution in [0.4, 0.5) is 5.82 Å². The fraction of sp³-hybridized carbons (Fsp3) is 0.789. The second-order valence-corrected chi connectivity index (χ2v) is 7.88. The molecule has 146 valence electrons. The van der Waals surface area contributed by atoms with Gasteiger partial charge < -0.3 is 20.1 Å². The van der Waals surface area contributed by atoms with Crippen LogP contribution >= 0.6 is 0 Å². The van der Waals surface area contributed by atoms with Gasteiger partial charge in [0.2, 0.25) is 0 Å². The van der Waals surface area contributed by atoms with Gasteiger partial charge in [-0.05, 0) is 39.2 Å². The summed E-state index contributed by atoms with van der Waals surface area (Å²) >= 11 is 0. The average molecular weight is 364 g/mol. The molecule has 1 aromatic rings. The zero-order valence-electron chi connectivity index (χ0n) is 16.0. The molecule has 2 fully saturated rings. The SMILES string of the molecule is CC(C)n1nc(N2CCCCC2CNCC2(O)CCOCC2)ccc1=O. The van der Waals surface area contributed by atoms with E-state index in [1.54, 1.807) is 10.7 Å². The lowest BCUT2D eigenvalue weighted by atomic mass is 9.94. The maximum Gasteiger partial charge on any atom is 0.267 e. The minimum absolute atomic E-state index is 0.0478. The Morgan fingerprint density at radius 3 is 2.85 bits per heavy atom. The van der Waals surface area contributed by atoms with Crippen LogP contribution in [0.1, 0.15) is 52.0 Å². The van der Waals surface area contributed by atoms with Crippen molar-refractivity contribution in [2.75, 3.05) is 37.7 Å². The van der Waals surface area contributed by atoms with Crippen LogP contribution in [0.2, 0.25) is 0 Å². The minimum atomic E-state index is -0.652. The summed E-state index contributed by atoms with van der Waals surface area (Å²) in [6, 6.07) is 3.84. The van der Waals surface area contributed by atoms with E-state index in [1.807, 2.05) is 19.9 Å². The summed E-state index contributed by atoms with van der Waals surface area (Å²) < 4.78 is 6.90. The Balaban J connectivity index is 1.64. The standard InChI is InChI=1S/C19H32N4O3/c1-15(2)23-18(24)7-6-17(21-23)22-10-4-3-5-16(22)13-20-14-19(25)8-11-26-12-9-19/h6-7,15-16,20,25H,3-5,8-14H2,1-2H3. The molecule has 26 heavy (non-hydrogen) atoms. The van der Waals surface area contributed by atoms with Crippen molar-refractivity contribution in [3.05, 3.63) is 22.5 Å². The molecule has 0 radical (unpaired) electrons. The van der Waals surface area contributed by atoms with Crippen molar-refractivity contribution in [3.8, 4) is 0 Å². The molecular weight excluding hydrogens is 332 g/mol. The van der Waals surface area contributed by atoms with Crippen LogP contribution in [-0.2, 0) is 4.74 Å². The fourth-order valence-corrected chi connectivity index (χ4v) is 3.85. The van der Waals surface area contributed by atoms with Crippen molar-refractivity contribution in [1.82, 2.24) is 15.1 Å². The van der Waals surface area contributed by atoms with Crippen LogP contribution in [0.3, 0.4) is 0 Å². The van der Waals surface area contributed by atoms with E-state index in [-0.39, 0.29) is 11.6 Å². The molecule has 2 aliphatic rings. The first-order chi connectivity index (χ1) is 12.5. The monoisotopic (exact) mass is 364 g/mol. The molecule has 3 heterocycles. The molecule has 1 aromatic heterocycles. The predicted octanol–water partition coefficient (Wildman–Crippen LogP) is 1.31. The topological polar surface area (TPSA) is 79.6 Å². The Hall–Kier alpha value is -1.44. The van der Waals surface area contributed by atoms with E-state index in [4.69, 9.17) is 4.74 Å². The summed E-state index contributed by atoms with van der Waals surface area (Å²) in [5, 5.41) is 18.7. The highest BCUT2D eigenvalue weighted by Crippen LogP contribution is 2.23. The van der Waals surface area contributed by atoms with Gasteiger partial charge in [-0.25, -0.2) is 4.68 Å². The number of piperidine rings is 1. The molecule has 7 heteroatoms. The molecule has 2 saturated heterocycles. The van der Waals surface area contributed by atoms with Gasteiger partial charge in [0.1, 0.15) is 5.82 Å². The van der Waals surface area contributed by atoms with Crippen LogP contribution in [0.5, 0.6) is 0 Å². The molecule has 3 rings (SSSR count). The minimum Gasteiger partial charge on any atom is -0.388 e. The Morgan fingerprint density at radius 1 is 1.35 bits per heavy atom. The number of anilines is 1. The van der Waals surface area contributed by atoms with Gasteiger partial charge in [0.15, 0.2) is 0 Å². The van der Waals surface area contributed by atoms with Crippen LogP contribution in [-0.4, -0.2) is 59.4 Å². The van der Waals surface area contributed by atoms with Gasteiger partial charge >= 0.3 is 0 Å². The number of ether oxygens (including phenoxy) is 1. The number of nitrogens with one attached hydrogen (secondary N) is 1. The van der Waals surface area contributed by atoms with Gasteiger partial charge in [0, 0.05) is 57.8 Å². The Labute approximate surface area is 155 Å². The molecule has 2 aliphatic heterocycles. The Kier molecular flexibility index (Phi) is 6.32. The Bertz CT molecular complexity index is 640. The average Bonchev–Trinajstić information content (AvgIpc) is 2.63. The summed E-state index contributed by atoms with van der Waals surface area (Å²) in [7, 11) is 0. The fourth-order valence-electron chi connectivity index (χ4n) is 3.85. The molecule has 7 nitrogen and oxygen atoms in total. The van der Waals surface area contributed by atoms with Gasteiger partial charge in [-0.2, -0.15) is 5.10 Å². The van der Waals surface area contributed by atoms with Gasteiger partial charge in [0.05, 0.1) is 11.6 Å². The van der Waals surface area contributed by atoms with E-state index in [1.165, 1.54) is 6.42 Å². The van der Waals surface area contributed by atoms with E-state index < -0.39 is 5.60 Å². The maximum atomic E-state index is 12.0. The predicted molar refractivity (Wildman–Crippen MR) is 102 cm³/mol. The second kappa shape index (κ2) is 8.50. The summed E-state index contributed by atoms with van der Waals surface area (Å²) in [4.78, 5) is 14.3. The highest BCUT2D eigenvalue weighted by molar-refractivity contribution is 5.39. The zero-order valence-corrected chi connectivity index (χ0v) is 16.0. The van der Waals surface area contributed by atoms with Crippen LogP contribution < -0.4 is 15.8 Å². The second-order valence-electron chi connectivity index (χ2n) is 7.88. The molecule has 0 amide bonds. The zero-order chi connectivity index (χ0) is 18.6. The summed E-state index contributed by atoms with van der Waals surface area (Å²) in [5.74, 6) is 0.870. The van der Waals surface area contributed by atoms with E-state index in [2.05, 4.69) is 15.3 Å². The number of nitrogens with zero attached hydrogens (tertiary/aromatic N) is 3. The van der Waals surface area contributed by atoms with Crippen LogP contribution in [0, 0.1) is 0 Å². The first-order valence-electron chi connectivity index (χ1n) is 9.86. The first kappa shape index (κ1) is 19.3. The highest BCUT2D eigenvalue weighted by atomic mass is 16.5. The van der Waals surface area contributed by atoms with Crippen molar-refractivity contribution < 1.29 is 9.84 Å². The maximum absolute atomic E-state index is 12.0. The summed E-state index contributed by atoms with van der Waals surface area (Å²) in [6.07, 6.45) is 4.81.